The maximum Gasteiger partial charge on any atom is 0.340 e. The molecule has 8 heteroatoms. The molecule has 1 heterocycles. The third-order valence-corrected chi connectivity index (χ3v) is 4.80. The standard InChI is InChI=1S/C23H31N3O5/c1-13(2)12-24-21(27)17-7-8-18(14(3)11-17)26-22(28)20-15(4)19(16(5)25-20)23(29)31-10-9-30-6/h7-8,11,13,25H,9-10,12H2,1-6H3,(H,24,27)(H,26,28). The summed E-state index contributed by atoms with van der Waals surface area (Å²) < 4.78 is 10.1. The number of aromatic nitrogens is 1. The molecule has 0 aliphatic heterocycles. The summed E-state index contributed by atoms with van der Waals surface area (Å²) >= 11 is 0. The number of methoxy groups -OCH3 is 1. The lowest BCUT2D eigenvalue weighted by Gasteiger charge is -2.11. The monoisotopic (exact) mass is 429 g/mol. The van der Waals surface area contributed by atoms with Crippen LogP contribution >= 0.6 is 0 Å². The third kappa shape index (κ3) is 6.18. The first-order chi connectivity index (χ1) is 14.6. The summed E-state index contributed by atoms with van der Waals surface area (Å²) in [7, 11) is 1.52. The number of anilines is 1. The number of rotatable bonds is 9. The number of amides is 2. The van der Waals surface area contributed by atoms with E-state index < -0.39 is 5.97 Å². The Morgan fingerprint density at radius 1 is 1.06 bits per heavy atom. The molecule has 0 spiro atoms. The first-order valence-corrected chi connectivity index (χ1v) is 10.2. The van der Waals surface area contributed by atoms with Crippen molar-refractivity contribution in [3.63, 3.8) is 0 Å². The Hall–Kier alpha value is -3.13. The van der Waals surface area contributed by atoms with E-state index in [9.17, 15) is 14.4 Å². The zero-order chi connectivity index (χ0) is 23.1. The Bertz CT molecular complexity index is 962. The van der Waals surface area contributed by atoms with Gasteiger partial charge in [0, 0.05) is 30.6 Å². The summed E-state index contributed by atoms with van der Waals surface area (Å²) in [6.45, 7) is 10.3. The van der Waals surface area contributed by atoms with Crippen molar-refractivity contribution >= 4 is 23.5 Å². The van der Waals surface area contributed by atoms with Gasteiger partial charge in [0.25, 0.3) is 11.8 Å². The van der Waals surface area contributed by atoms with Gasteiger partial charge in [0.05, 0.1) is 12.2 Å². The van der Waals surface area contributed by atoms with E-state index in [4.69, 9.17) is 9.47 Å². The molecule has 8 nitrogen and oxygen atoms in total. The van der Waals surface area contributed by atoms with Gasteiger partial charge in [-0.15, -0.1) is 0 Å². The van der Waals surface area contributed by atoms with E-state index in [1.807, 2.05) is 20.8 Å². The number of carbonyl (C=O) groups excluding carboxylic acids is 3. The predicted molar refractivity (Wildman–Crippen MR) is 119 cm³/mol. The molecule has 0 atom stereocenters. The minimum Gasteiger partial charge on any atom is -0.460 e. The molecule has 1 aromatic carbocycles. The molecule has 1 aromatic heterocycles. The van der Waals surface area contributed by atoms with Crippen molar-refractivity contribution in [2.75, 3.05) is 32.2 Å². The Morgan fingerprint density at radius 3 is 2.39 bits per heavy atom. The normalized spacial score (nSPS) is 10.8. The molecule has 2 amide bonds. The van der Waals surface area contributed by atoms with Crippen molar-refractivity contribution < 1.29 is 23.9 Å². The lowest BCUT2D eigenvalue weighted by Crippen LogP contribution is -2.27. The van der Waals surface area contributed by atoms with E-state index >= 15 is 0 Å². The molecule has 0 radical (unpaired) electrons. The summed E-state index contributed by atoms with van der Waals surface area (Å²) in [4.78, 5) is 40.4. The second-order valence-corrected chi connectivity index (χ2v) is 7.84. The van der Waals surface area contributed by atoms with Crippen LogP contribution in [0.25, 0.3) is 0 Å². The number of ether oxygens (including phenoxy) is 2. The van der Waals surface area contributed by atoms with E-state index in [-0.39, 0.29) is 24.1 Å². The van der Waals surface area contributed by atoms with Crippen molar-refractivity contribution in [1.29, 1.82) is 0 Å². The number of H-pyrrole nitrogens is 1. The van der Waals surface area contributed by atoms with Crippen LogP contribution in [-0.2, 0) is 9.47 Å². The summed E-state index contributed by atoms with van der Waals surface area (Å²) in [5, 5.41) is 5.72. The van der Waals surface area contributed by atoms with E-state index in [2.05, 4.69) is 15.6 Å². The first kappa shape index (κ1) is 24.1. The van der Waals surface area contributed by atoms with Crippen LogP contribution in [0, 0.1) is 26.7 Å². The van der Waals surface area contributed by atoms with Crippen LogP contribution in [0.1, 0.15) is 61.9 Å². The minimum absolute atomic E-state index is 0.136. The van der Waals surface area contributed by atoms with E-state index in [1.54, 1.807) is 32.0 Å². The van der Waals surface area contributed by atoms with Crippen LogP contribution in [0.4, 0.5) is 5.69 Å². The third-order valence-electron chi connectivity index (χ3n) is 4.80. The number of carbonyl (C=O) groups is 3. The zero-order valence-corrected chi connectivity index (χ0v) is 19.0. The number of aromatic amines is 1. The average molecular weight is 430 g/mol. The maximum atomic E-state index is 12.8. The highest BCUT2D eigenvalue weighted by atomic mass is 16.6. The zero-order valence-electron chi connectivity index (χ0n) is 19.0. The summed E-state index contributed by atoms with van der Waals surface area (Å²) in [6.07, 6.45) is 0. The van der Waals surface area contributed by atoms with Crippen LogP contribution in [0.3, 0.4) is 0 Å². The van der Waals surface area contributed by atoms with Gasteiger partial charge in [0.1, 0.15) is 12.3 Å². The number of hydrogen-bond acceptors (Lipinski definition) is 5. The molecule has 0 aliphatic rings. The van der Waals surface area contributed by atoms with Gasteiger partial charge in [-0.1, -0.05) is 13.8 Å². The van der Waals surface area contributed by atoms with E-state index in [1.165, 1.54) is 7.11 Å². The number of nitrogens with one attached hydrogen (secondary N) is 3. The molecule has 2 rings (SSSR count). The van der Waals surface area contributed by atoms with Gasteiger partial charge >= 0.3 is 5.97 Å². The van der Waals surface area contributed by atoms with Crippen molar-refractivity contribution in [1.82, 2.24) is 10.3 Å². The molecular weight excluding hydrogens is 398 g/mol. The van der Waals surface area contributed by atoms with E-state index in [0.717, 1.165) is 5.56 Å². The lowest BCUT2D eigenvalue weighted by molar-refractivity contribution is 0.0386. The SMILES string of the molecule is COCCOC(=O)c1c(C)[nH]c(C(=O)Nc2ccc(C(=O)NCC(C)C)cc2C)c1C. The smallest absolute Gasteiger partial charge is 0.340 e. The van der Waals surface area contributed by atoms with Gasteiger partial charge in [0.15, 0.2) is 0 Å². The van der Waals surface area contributed by atoms with E-state index in [0.29, 0.717) is 47.1 Å². The van der Waals surface area contributed by atoms with Gasteiger partial charge in [-0.05, 0) is 56.0 Å². The molecule has 31 heavy (non-hydrogen) atoms. The molecule has 0 fully saturated rings. The van der Waals surface area contributed by atoms with Crippen LogP contribution < -0.4 is 10.6 Å². The number of aryl methyl sites for hydroxylation is 2. The fourth-order valence-corrected chi connectivity index (χ4v) is 3.10. The Balaban J connectivity index is 2.14. The highest BCUT2D eigenvalue weighted by Gasteiger charge is 2.23. The Morgan fingerprint density at radius 2 is 1.77 bits per heavy atom. The summed E-state index contributed by atoms with van der Waals surface area (Å²) in [5.41, 5.74) is 3.57. The Labute approximate surface area is 182 Å². The lowest BCUT2D eigenvalue weighted by atomic mass is 10.1. The highest BCUT2D eigenvalue weighted by Crippen LogP contribution is 2.22. The topological polar surface area (TPSA) is 110 Å². The molecular formula is C23H31N3O5. The highest BCUT2D eigenvalue weighted by molar-refractivity contribution is 6.07. The van der Waals surface area contributed by atoms with Crippen LogP contribution in [0.15, 0.2) is 18.2 Å². The molecule has 3 N–H and O–H groups in total. The fourth-order valence-electron chi connectivity index (χ4n) is 3.10. The van der Waals surface area contributed by atoms with Crippen molar-refractivity contribution in [2.45, 2.75) is 34.6 Å². The summed E-state index contributed by atoms with van der Waals surface area (Å²) in [6, 6.07) is 5.10. The molecule has 0 aliphatic carbocycles. The van der Waals surface area contributed by atoms with Gasteiger partial charge in [0.2, 0.25) is 0 Å². The quantitative estimate of drug-likeness (QED) is 0.418. The second-order valence-electron chi connectivity index (χ2n) is 7.84. The average Bonchev–Trinajstić information content (AvgIpc) is 3.01. The molecule has 168 valence electrons. The van der Waals surface area contributed by atoms with Crippen molar-refractivity contribution in [2.24, 2.45) is 5.92 Å². The van der Waals surface area contributed by atoms with Gasteiger partial charge in [-0.2, -0.15) is 0 Å². The molecule has 2 aromatic rings. The second kappa shape index (κ2) is 10.8. The number of esters is 1. The predicted octanol–water partition coefficient (Wildman–Crippen LogP) is 3.38. The van der Waals surface area contributed by atoms with Gasteiger partial charge in [-0.25, -0.2) is 4.79 Å². The molecule has 0 bridgehead atoms. The van der Waals surface area contributed by atoms with Crippen molar-refractivity contribution in [3.05, 3.63) is 51.8 Å². The Kier molecular flexibility index (Phi) is 8.38. The van der Waals surface area contributed by atoms with Crippen LogP contribution in [0.5, 0.6) is 0 Å². The molecule has 0 saturated carbocycles. The van der Waals surface area contributed by atoms with Crippen molar-refractivity contribution in [3.8, 4) is 0 Å². The maximum absolute atomic E-state index is 12.8. The minimum atomic E-state index is -0.504. The van der Waals surface area contributed by atoms with Gasteiger partial charge in [-0.3, -0.25) is 9.59 Å². The largest absolute Gasteiger partial charge is 0.460 e. The number of hydrogen-bond donors (Lipinski definition) is 3. The van der Waals surface area contributed by atoms with Gasteiger partial charge < -0.3 is 25.1 Å². The number of benzene rings is 1. The first-order valence-electron chi connectivity index (χ1n) is 10.2. The molecule has 0 unspecified atom stereocenters. The van der Waals surface area contributed by atoms with Crippen LogP contribution in [0.2, 0.25) is 0 Å². The van der Waals surface area contributed by atoms with Crippen LogP contribution in [-0.4, -0.2) is 49.6 Å². The summed E-state index contributed by atoms with van der Waals surface area (Å²) in [5.74, 6) is -0.674. The fraction of sp³-hybridized carbons (Fsp3) is 0.435. The molecule has 0 saturated heterocycles.